The van der Waals surface area contributed by atoms with Crippen LogP contribution in [-0.4, -0.2) is 52.9 Å². The highest BCUT2D eigenvalue weighted by Crippen LogP contribution is 2.25. The number of aliphatic hydroxyl groups excluding tert-OH is 2. The molecule has 1 aromatic heterocycles. The Balaban J connectivity index is 1.96. The van der Waals surface area contributed by atoms with E-state index in [0.717, 1.165) is 5.13 Å². The molecule has 1 saturated heterocycles. The molecule has 0 spiro atoms. The molecule has 1 atom stereocenters. The SMILES string of the molecule is CC(C)C(CO)NC(=O)c1csc(N2CC(O)C2)n1. The van der Waals surface area contributed by atoms with Crippen LogP contribution in [0.4, 0.5) is 5.13 Å². The summed E-state index contributed by atoms with van der Waals surface area (Å²) in [7, 11) is 0. The molecule has 0 aromatic carbocycles. The second-order valence-electron chi connectivity index (χ2n) is 5.08. The number of thiazole rings is 1. The first kappa shape index (κ1) is 14.2. The van der Waals surface area contributed by atoms with E-state index in [-0.39, 0.29) is 30.6 Å². The highest BCUT2D eigenvalue weighted by molar-refractivity contribution is 7.14. The van der Waals surface area contributed by atoms with Gasteiger partial charge in [0, 0.05) is 18.5 Å². The summed E-state index contributed by atoms with van der Waals surface area (Å²) in [6, 6.07) is -0.261. The molecule has 2 heterocycles. The zero-order valence-corrected chi connectivity index (χ0v) is 11.9. The second kappa shape index (κ2) is 5.85. The molecule has 106 valence electrons. The van der Waals surface area contributed by atoms with Crippen LogP contribution in [0, 0.1) is 5.92 Å². The van der Waals surface area contributed by atoms with Crippen molar-refractivity contribution in [3.63, 3.8) is 0 Å². The number of hydrogen-bond donors (Lipinski definition) is 3. The minimum Gasteiger partial charge on any atom is -0.394 e. The van der Waals surface area contributed by atoms with Crippen molar-refractivity contribution in [2.45, 2.75) is 26.0 Å². The van der Waals surface area contributed by atoms with E-state index in [0.29, 0.717) is 18.8 Å². The molecule has 2 rings (SSSR count). The summed E-state index contributed by atoms with van der Waals surface area (Å²) >= 11 is 1.39. The second-order valence-corrected chi connectivity index (χ2v) is 5.92. The van der Waals surface area contributed by atoms with E-state index in [1.807, 2.05) is 18.7 Å². The minimum atomic E-state index is -0.291. The summed E-state index contributed by atoms with van der Waals surface area (Å²) in [6.07, 6.45) is -0.291. The monoisotopic (exact) mass is 285 g/mol. The van der Waals surface area contributed by atoms with E-state index >= 15 is 0 Å². The van der Waals surface area contributed by atoms with Gasteiger partial charge in [-0.2, -0.15) is 0 Å². The zero-order valence-electron chi connectivity index (χ0n) is 11.0. The van der Waals surface area contributed by atoms with Crippen LogP contribution in [0.2, 0.25) is 0 Å². The Bertz CT molecular complexity index is 443. The van der Waals surface area contributed by atoms with E-state index in [4.69, 9.17) is 0 Å². The van der Waals surface area contributed by atoms with Gasteiger partial charge in [-0.3, -0.25) is 4.79 Å². The fourth-order valence-electron chi connectivity index (χ4n) is 1.79. The number of nitrogens with zero attached hydrogens (tertiary/aromatic N) is 2. The van der Waals surface area contributed by atoms with Gasteiger partial charge < -0.3 is 20.4 Å². The molecule has 1 fully saturated rings. The third-order valence-corrected chi connectivity index (χ3v) is 4.08. The molecule has 0 radical (unpaired) electrons. The number of carbonyl (C=O) groups excluding carboxylic acids is 1. The molecular formula is C12H19N3O3S. The molecule has 1 amide bonds. The molecule has 1 aliphatic rings. The summed E-state index contributed by atoms with van der Waals surface area (Å²) in [5.41, 5.74) is 0.362. The molecule has 19 heavy (non-hydrogen) atoms. The van der Waals surface area contributed by atoms with Crippen LogP contribution >= 0.6 is 11.3 Å². The van der Waals surface area contributed by atoms with Crippen molar-refractivity contribution in [1.29, 1.82) is 0 Å². The number of rotatable bonds is 5. The summed E-state index contributed by atoms with van der Waals surface area (Å²) in [6.45, 7) is 4.93. The maximum atomic E-state index is 12.0. The van der Waals surface area contributed by atoms with Gasteiger partial charge in [-0.15, -0.1) is 11.3 Å². The van der Waals surface area contributed by atoms with Crippen LogP contribution in [-0.2, 0) is 0 Å². The Kier molecular flexibility index (Phi) is 4.38. The fourth-order valence-corrected chi connectivity index (χ4v) is 2.62. The standard InChI is InChI=1S/C12H19N3O3S/c1-7(2)9(5-16)13-11(18)10-6-19-12(14-10)15-3-8(17)4-15/h6-9,16-17H,3-5H2,1-2H3,(H,13,18). The number of nitrogens with one attached hydrogen (secondary N) is 1. The molecule has 7 heteroatoms. The van der Waals surface area contributed by atoms with Crippen LogP contribution in [0.5, 0.6) is 0 Å². The van der Waals surface area contributed by atoms with E-state index in [1.54, 1.807) is 5.38 Å². The molecule has 3 N–H and O–H groups in total. The normalized spacial score (nSPS) is 17.4. The lowest BCUT2D eigenvalue weighted by molar-refractivity contribution is 0.0892. The van der Waals surface area contributed by atoms with Crippen LogP contribution in [0.3, 0.4) is 0 Å². The van der Waals surface area contributed by atoms with Gasteiger partial charge in [0.15, 0.2) is 5.13 Å². The molecule has 0 bridgehead atoms. The Labute approximate surface area is 116 Å². The summed E-state index contributed by atoms with van der Waals surface area (Å²) in [5.74, 6) is -0.103. The maximum Gasteiger partial charge on any atom is 0.271 e. The Morgan fingerprint density at radius 1 is 1.63 bits per heavy atom. The van der Waals surface area contributed by atoms with E-state index in [1.165, 1.54) is 11.3 Å². The predicted octanol–water partition coefficient (Wildman–Crippen LogP) is 0.0707. The van der Waals surface area contributed by atoms with Crippen molar-refractivity contribution in [2.24, 2.45) is 5.92 Å². The lowest BCUT2D eigenvalue weighted by Crippen LogP contribution is -2.50. The maximum absolute atomic E-state index is 12.0. The van der Waals surface area contributed by atoms with Crippen LogP contribution in [0.1, 0.15) is 24.3 Å². The first-order chi connectivity index (χ1) is 9.01. The fraction of sp³-hybridized carbons (Fsp3) is 0.667. The molecule has 1 aliphatic heterocycles. The largest absolute Gasteiger partial charge is 0.394 e. The van der Waals surface area contributed by atoms with Crippen molar-refractivity contribution < 1.29 is 15.0 Å². The Morgan fingerprint density at radius 3 is 2.84 bits per heavy atom. The average molecular weight is 285 g/mol. The lowest BCUT2D eigenvalue weighted by Gasteiger charge is -2.35. The highest BCUT2D eigenvalue weighted by atomic mass is 32.1. The van der Waals surface area contributed by atoms with Gasteiger partial charge in [-0.05, 0) is 5.92 Å². The number of amides is 1. The predicted molar refractivity (Wildman–Crippen MR) is 73.5 cm³/mol. The molecule has 1 aromatic rings. The number of aliphatic hydroxyl groups is 2. The topological polar surface area (TPSA) is 85.7 Å². The lowest BCUT2D eigenvalue weighted by atomic mass is 10.1. The van der Waals surface area contributed by atoms with Crippen LogP contribution in [0.25, 0.3) is 0 Å². The van der Waals surface area contributed by atoms with Gasteiger partial charge in [0.25, 0.3) is 5.91 Å². The summed E-state index contributed by atoms with van der Waals surface area (Å²) < 4.78 is 0. The summed E-state index contributed by atoms with van der Waals surface area (Å²) in [5, 5.41) is 23.6. The minimum absolute atomic E-state index is 0.0846. The number of anilines is 1. The third kappa shape index (κ3) is 3.23. The Hall–Kier alpha value is -1.18. The number of carbonyl (C=O) groups is 1. The van der Waals surface area contributed by atoms with Crippen molar-refractivity contribution in [2.75, 3.05) is 24.6 Å². The average Bonchev–Trinajstić information content (AvgIpc) is 2.80. The molecular weight excluding hydrogens is 266 g/mol. The Morgan fingerprint density at radius 2 is 2.32 bits per heavy atom. The first-order valence-corrected chi connectivity index (χ1v) is 7.19. The smallest absolute Gasteiger partial charge is 0.271 e. The van der Waals surface area contributed by atoms with E-state index in [9.17, 15) is 15.0 Å². The van der Waals surface area contributed by atoms with Gasteiger partial charge in [-0.1, -0.05) is 13.8 Å². The first-order valence-electron chi connectivity index (χ1n) is 6.31. The van der Waals surface area contributed by atoms with Gasteiger partial charge in [0.1, 0.15) is 5.69 Å². The molecule has 1 unspecified atom stereocenters. The molecule has 0 saturated carbocycles. The van der Waals surface area contributed by atoms with Gasteiger partial charge in [0.2, 0.25) is 0 Å². The summed E-state index contributed by atoms with van der Waals surface area (Å²) in [4.78, 5) is 18.2. The van der Waals surface area contributed by atoms with Crippen molar-refractivity contribution in [3.8, 4) is 0 Å². The van der Waals surface area contributed by atoms with E-state index < -0.39 is 0 Å². The molecule has 6 nitrogen and oxygen atoms in total. The zero-order chi connectivity index (χ0) is 14.0. The third-order valence-electron chi connectivity index (χ3n) is 3.18. The van der Waals surface area contributed by atoms with Gasteiger partial charge >= 0.3 is 0 Å². The van der Waals surface area contributed by atoms with Crippen molar-refractivity contribution in [1.82, 2.24) is 10.3 Å². The number of aromatic nitrogens is 1. The van der Waals surface area contributed by atoms with Crippen LogP contribution < -0.4 is 10.2 Å². The van der Waals surface area contributed by atoms with Gasteiger partial charge in [-0.25, -0.2) is 4.98 Å². The number of β-amino-alcohol motifs (C(OH)–C–C–N with tert-alkyl or cyclic N) is 1. The highest BCUT2D eigenvalue weighted by Gasteiger charge is 2.27. The van der Waals surface area contributed by atoms with Crippen molar-refractivity contribution >= 4 is 22.4 Å². The molecule has 0 aliphatic carbocycles. The quantitative estimate of drug-likeness (QED) is 0.713. The number of hydrogen-bond acceptors (Lipinski definition) is 6. The van der Waals surface area contributed by atoms with Crippen LogP contribution in [0.15, 0.2) is 5.38 Å². The van der Waals surface area contributed by atoms with Crippen molar-refractivity contribution in [3.05, 3.63) is 11.1 Å². The van der Waals surface area contributed by atoms with Gasteiger partial charge in [0.05, 0.1) is 18.8 Å². The van der Waals surface area contributed by atoms with E-state index in [2.05, 4.69) is 10.3 Å².